The summed E-state index contributed by atoms with van der Waals surface area (Å²) in [6.07, 6.45) is 3.16. The molecule has 6 nitrogen and oxygen atoms in total. The smallest absolute Gasteiger partial charge is 0.260 e. The van der Waals surface area contributed by atoms with E-state index in [0.29, 0.717) is 37.6 Å². The molecule has 6 heteroatoms. The fourth-order valence-electron chi connectivity index (χ4n) is 2.62. The Bertz CT molecular complexity index is 805. The summed E-state index contributed by atoms with van der Waals surface area (Å²) in [6.45, 7) is 2.25. The molecule has 140 valence electrons. The molecular formula is C21H21NO5. The van der Waals surface area contributed by atoms with E-state index in [1.165, 1.54) is 6.08 Å². The number of allylic oxidation sites excluding steroid dienone is 1. The number of phenols is 1. The number of carbonyl (C=O) groups is 2. The van der Waals surface area contributed by atoms with Crippen molar-refractivity contribution in [3.05, 3.63) is 65.7 Å². The quantitative estimate of drug-likeness (QED) is 0.627. The Morgan fingerprint density at radius 3 is 2.37 bits per heavy atom. The lowest BCUT2D eigenvalue weighted by molar-refractivity contribution is -0.137. The van der Waals surface area contributed by atoms with Crippen molar-refractivity contribution in [1.82, 2.24) is 4.90 Å². The second kappa shape index (κ2) is 9.00. The maximum atomic E-state index is 12.2. The number of ether oxygens (including phenoxy) is 2. The van der Waals surface area contributed by atoms with Gasteiger partial charge in [-0.1, -0.05) is 18.2 Å². The first-order valence-corrected chi connectivity index (χ1v) is 8.72. The first kappa shape index (κ1) is 18.7. The van der Waals surface area contributed by atoms with Crippen molar-refractivity contribution in [3.8, 4) is 11.5 Å². The summed E-state index contributed by atoms with van der Waals surface area (Å²) in [7, 11) is 0. The molecule has 0 spiro atoms. The fourth-order valence-corrected chi connectivity index (χ4v) is 2.62. The number of morpholine rings is 1. The first-order chi connectivity index (χ1) is 13.1. The minimum absolute atomic E-state index is 0.0337. The normalized spacial score (nSPS) is 14.3. The summed E-state index contributed by atoms with van der Waals surface area (Å²) in [5.41, 5.74) is 1.35. The Kier molecular flexibility index (Phi) is 6.22. The number of benzene rings is 2. The number of phenolic OH excluding ortho intramolecular Hbond substituents is 1. The molecule has 0 radical (unpaired) electrons. The standard InChI is InChI=1S/C21H21NO5/c23-18-6-1-16(2-7-18)3-10-20(24)17-4-8-19(9-5-17)27-15-21(25)22-11-13-26-14-12-22/h1-10,23H,11-15H2. The highest BCUT2D eigenvalue weighted by Gasteiger charge is 2.17. The average molecular weight is 367 g/mol. The lowest BCUT2D eigenvalue weighted by atomic mass is 10.1. The molecule has 1 aliphatic heterocycles. The summed E-state index contributed by atoms with van der Waals surface area (Å²) >= 11 is 0. The van der Waals surface area contributed by atoms with Gasteiger partial charge >= 0.3 is 0 Å². The summed E-state index contributed by atoms with van der Waals surface area (Å²) in [4.78, 5) is 26.0. The van der Waals surface area contributed by atoms with Crippen molar-refractivity contribution in [2.75, 3.05) is 32.9 Å². The number of aromatic hydroxyl groups is 1. The number of carbonyl (C=O) groups excluding carboxylic acids is 2. The molecular weight excluding hydrogens is 346 g/mol. The largest absolute Gasteiger partial charge is 0.508 e. The van der Waals surface area contributed by atoms with E-state index in [1.807, 2.05) is 0 Å². The third-order valence-electron chi connectivity index (χ3n) is 4.19. The van der Waals surface area contributed by atoms with Crippen LogP contribution in [0.2, 0.25) is 0 Å². The minimum Gasteiger partial charge on any atom is -0.508 e. The second-order valence-electron chi connectivity index (χ2n) is 6.10. The molecule has 1 amide bonds. The number of rotatable bonds is 6. The molecule has 0 atom stereocenters. The van der Waals surface area contributed by atoms with Crippen LogP contribution in [0.15, 0.2) is 54.6 Å². The highest BCUT2D eigenvalue weighted by Crippen LogP contribution is 2.15. The van der Waals surface area contributed by atoms with Crippen LogP contribution in [0.4, 0.5) is 0 Å². The van der Waals surface area contributed by atoms with Gasteiger partial charge in [-0.05, 0) is 48.0 Å². The first-order valence-electron chi connectivity index (χ1n) is 8.72. The van der Waals surface area contributed by atoms with Gasteiger partial charge in [0, 0.05) is 18.7 Å². The van der Waals surface area contributed by atoms with Gasteiger partial charge in [-0.3, -0.25) is 9.59 Å². The fraction of sp³-hybridized carbons (Fsp3) is 0.238. The average Bonchev–Trinajstić information content (AvgIpc) is 2.72. The van der Waals surface area contributed by atoms with Crippen LogP contribution >= 0.6 is 0 Å². The molecule has 1 heterocycles. The number of nitrogens with zero attached hydrogens (tertiary/aromatic N) is 1. The molecule has 2 aromatic rings. The van der Waals surface area contributed by atoms with Gasteiger partial charge < -0.3 is 19.5 Å². The van der Waals surface area contributed by atoms with Gasteiger partial charge in [0.15, 0.2) is 12.4 Å². The number of ketones is 1. The van der Waals surface area contributed by atoms with Crippen LogP contribution in [-0.4, -0.2) is 54.6 Å². The Morgan fingerprint density at radius 1 is 1.04 bits per heavy atom. The lowest BCUT2D eigenvalue weighted by Crippen LogP contribution is -2.42. The van der Waals surface area contributed by atoms with Crippen molar-refractivity contribution in [2.24, 2.45) is 0 Å². The summed E-state index contributed by atoms with van der Waals surface area (Å²) in [6, 6.07) is 13.3. The number of amides is 1. The van der Waals surface area contributed by atoms with Crippen LogP contribution in [0.25, 0.3) is 6.08 Å². The van der Waals surface area contributed by atoms with Gasteiger partial charge in [0.25, 0.3) is 5.91 Å². The lowest BCUT2D eigenvalue weighted by Gasteiger charge is -2.26. The molecule has 27 heavy (non-hydrogen) atoms. The molecule has 1 N–H and O–H groups in total. The summed E-state index contributed by atoms with van der Waals surface area (Å²) in [5, 5.41) is 9.26. The molecule has 1 saturated heterocycles. The van der Waals surface area contributed by atoms with Crippen LogP contribution in [0.3, 0.4) is 0 Å². The van der Waals surface area contributed by atoms with Gasteiger partial charge in [-0.15, -0.1) is 0 Å². The maximum Gasteiger partial charge on any atom is 0.260 e. The molecule has 1 fully saturated rings. The molecule has 0 bridgehead atoms. The van der Waals surface area contributed by atoms with E-state index < -0.39 is 0 Å². The SMILES string of the molecule is O=C(C=Cc1ccc(O)cc1)c1ccc(OCC(=O)N2CCOCC2)cc1. The number of hydrogen-bond acceptors (Lipinski definition) is 5. The maximum absolute atomic E-state index is 12.2. The highest BCUT2D eigenvalue weighted by atomic mass is 16.5. The molecule has 1 aliphatic rings. The van der Waals surface area contributed by atoms with E-state index in [2.05, 4.69) is 0 Å². The van der Waals surface area contributed by atoms with E-state index in [9.17, 15) is 14.7 Å². The van der Waals surface area contributed by atoms with E-state index in [1.54, 1.807) is 59.5 Å². The monoisotopic (exact) mass is 367 g/mol. The van der Waals surface area contributed by atoms with Gasteiger partial charge in [0.2, 0.25) is 0 Å². The second-order valence-corrected chi connectivity index (χ2v) is 6.10. The number of hydrogen-bond donors (Lipinski definition) is 1. The van der Waals surface area contributed by atoms with Gasteiger partial charge in [0.05, 0.1) is 13.2 Å². The molecule has 0 saturated carbocycles. The Balaban J connectivity index is 1.52. The predicted molar refractivity (Wildman–Crippen MR) is 101 cm³/mol. The van der Waals surface area contributed by atoms with Crippen molar-refractivity contribution in [2.45, 2.75) is 0 Å². The molecule has 0 aromatic heterocycles. The Hall–Kier alpha value is -3.12. The summed E-state index contributed by atoms with van der Waals surface area (Å²) < 4.78 is 10.7. The van der Waals surface area contributed by atoms with Crippen molar-refractivity contribution in [1.29, 1.82) is 0 Å². The zero-order chi connectivity index (χ0) is 19.1. The van der Waals surface area contributed by atoms with Crippen LogP contribution in [0.5, 0.6) is 11.5 Å². The van der Waals surface area contributed by atoms with E-state index in [4.69, 9.17) is 9.47 Å². The van der Waals surface area contributed by atoms with E-state index in [0.717, 1.165) is 5.56 Å². The van der Waals surface area contributed by atoms with Crippen LogP contribution < -0.4 is 4.74 Å². The Morgan fingerprint density at radius 2 is 1.70 bits per heavy atom. The van der Waals surface area contributed by atoms with E-state index in [-0.39, 0.29) is 24.0 Å². The molecule has 3 rings (SSSR count). The Labute approximate surface area is 157 Å². The van der Waals surface area contributed by atoms with Gasteiger partial charge in [0.1, 0.15) is 11.5 Å². The molecule has 2 aromatic carbocycles. The van der Waals surface area contributed by atoms with Gasteiger partial charge in [-0.25, -0.2) is 0 Å². The van der Waals surface area contributed by atoms with Crippen molar-refractivity contribution < 1.29 is 24.2 Å². The third-order valence-corrected chi connectivity index (χ3v) is 4.19. The van der Waals surface area contributed by atoms with Crippen LogP contribution in [-0.2, 0) is 9.53 Å². The van der Waals surface area contributed by atoms with Crippen molar-refractivity contribution >= 4 is 17.8 Å². The zero-order valence-electron chi connectivity index (χ0n) is 14.8. The van der Waals surface area contributed by atoms with Gasteiger partial charge in [-0.2, -0.15) is 0 Å². The molecule has 0 aliphatic carbocycles. The highest BCUT2D eigenvalue weighted by molar-refractivity contribution is 6.06. The molecule has 0 unspecified atom stereocenters. The predicted octanol–water partition coefficient (Wildman–Crippen LogP) is 2.53. The topological polar surface area (TPSA) is 76.1 Å². The third kappa shape index (κ3) is 5.43. The van der Waals surface area contributed by atoms with E-state index >= 15 is 0 Å². The van der Waals surface area contributed by atoms with Crippen LogP contribution in [0.1, 0.15) is 15.9 Å². The zero-order valence-corrected chi connectivity index (χ0v) is 14.8. The summed E-state index contributed by atoms with van der Waals surface area (Å²) in [5.74, 6) is 0.506. The van der Waals surface area contributed by atoms with Crippen LogP contribution in [0, 0.1) is 0 Å². The minimum atomic E-state index is -0.140. The van der Waals surface area contributed by atoms with Crippen molar-refractivity contribution in [3.63, 3.8) is 0 Å².